The second-order valence-electron chi connectivity index (χ2n) is 3.57. The fourth-order valence-corrected chi connectivity index (χ4v) is 1.65. The van der Waals surface area contributed by atoms with Crippen LogP contribution in [0.2, 0.25) is 0 Å². The van der Waals surface area contributed by atoms with E-state index in [1.54, 1.807) is 19.3 Å². The van der Waals surface area contributed by atoms with E-state index in [1.807, 2.05) is 0 Å². The summed E-state index contributed by atoms with van der Waals surface area (Å²) in [5.74, 6) is -0.334. The number of primary amides is 1. The molecule has 0 radical (unpaired) electrons. The average Bonchev–Trinajstić information content (AvgIpc) is 2.37. The Balaban J connectivity index is 2.49. The number of pyridine rings is 1. The minimum Gasteiger partial charge on any atom is -0.372 e. The maximum atomic E-state index is 11.9. The first-order chi connectivity index (χ1) is 9.04. The summed E-state index contributed by atoms with van der Waals surface area (Å²) in [5.41, 5.74) is 5.33. The number of amides is 2. The minimum atomic E-state index is -0.542. The summed E-state index contributed by atoms with van der Waals surface area (Å²) in [6.07, 6.45) is 1.60. The summed E-state index contributed by atoms with van der Waals surface area (Å²) in [6, 6.07) is 1.67. The first kappa shape index (κ1) is 15.4. The zero-order chi connectivity index (χ0) is 14.3. The van der Waals surface area contributed by atoms with Crippen molar-refractivity contribution in [3.8, 4) is 0 Å². The Labute approximate surface area is 119 Å². The van der Waals surface area contributed by atoms with Gasteiger partial charge in [-0.1, -0.05) is 0 Å². The number of nitrogens with zero attached hydrogens (tertiary/aromatic N) is 1. The normalized spacial score (nSPS) is 10.0. The molecule has 104 valence electrons. The van der Waals surface area contributed by atoms with Gasteiger partial charge in [-0.15, -0.1) is 0 Å². The Morgan fingerprint density at radius 2 is 2.26 bits per heavy atom. The standard InChI is InChI=1S/C11H15BrN4O3/c1-14-10-8(4-7(12)5-16-10)11(18)15-2-3-19-6-9(13)17/h4-5H,2-3,6H2,1H3,(H2,13,17)(H,14,16)(H,15,18). The summed E-state index contributed by atoms with van der Waals surface area (Å²) in [6.45, 7) is 0.336. The Hall–Kier alpha value is -1.67. The predicted molar refractivity (Wildman–Crippen MR) is 73.8 cm³/mol. The van der Waals surface area contributed by atoms with Crippen molar-refractivity contribution in [1.82, 2.24) is 10.3 Å². The summed E-state index contributed by atoms with van der Waals surface area (Å²) in [4.78, 5) is 26.4. The second kappa shape index (κ2) is 7.70. The van der Waals surface area contributed by atoms with Crippen LogP contribution in [0.25, 0.3) is 0 Å². The number of ether oxygens (including phenoxy) is 1. The third kappa shape index (κ3) is 5.23. The topological polar surface area (TPSA) is 106 Å². The zero-order valence-corrected chi connectivity index (χ0v) is 12.0. The van der Waals surface area contributed by atoms with Gasteiger partial charge in [0.15, 0.2) is 0 Å². The van der Waals surface area contributed by atoms with E-state index in [1.165, 1.54) is 0 Å². The average molecular weight is 331 g/mol. The molecule has 0 unspecified atom stereocenters. The van der Waals surface area contributed by atoms with Crippen LogP contribution in [0, 0.1) is 0 Å². The van der Waals surface area contributed by atoms with Crippen molar-refractivity contribution in [3.05, 3.63) is 22.3 Å². The van der Waals surface area contributed by atoms with Crippen LogP contribution >= 0.6 is 15.9 Å². The number of anilines is 1. The summed E-state index contributed by atoms with van der Waals surface area (Å²) < 4.78 is 5.64. The van der Waals surface area contributed by atoms with E-state index in [0.29, 0.717) is 15.9 Å². The summed E-state index contributed by atoms with van der Waals surface area (Å²) in [7, 11) is 1.68. The molecule has 1 heterocycles. The van der Waals surface area contributed by atoms with Crippen molar-refractivity contribution in [2.45, 2.75) is 0 Å². The van der Waals surface area contributed by atoms with Crippen LogP contribution in [0.3, 0.4) is 0 Å². The van der Waals surface area contributed by atoms with E-state index in [4.69, 9.17) is 10.5 Å². The van der Waals surface area contributed by atoms with Crippen LogP contribution in [0.4, 0.5) is 5.82 Å². The molecule has 1 aromatic heterocycles. The zero-order valence-electron chi connectivity index (χ0n) is 10.4. The van der Waals surface area contributed by atoms with Gasteiger partial charge in [0.25, 0.3) is 5.91 Å². The fraction of sp³-hybridized carbons (Fsp3) is 0.364. The Bertz CT molecular complexity index is 467. The molecule has 0 aliphatic rings. The lowest BCUT2D eigenvalue weighted by Gasteiger charge is -2.09. The minimum absolute atomic E-state index is 0.157. The van der Waals surface area contributed by atoms with Crippen molar-refractivity contribution in [2.75, 3.05) is 32.1 Å². The lowest BCUT2D eigenvalue weighted by molar-refractivity contribution is -0.122. The Morgan fingerprint density at radius 3 is 2.89 bits per heavy atom. The maximum Gasteiger partial charge on any atom is 0.255 e. The molecule has 7 nitrogen and oxygen atoms in total. The number of aromatic nitrogens is 1. The summed E-state index contributed by atoms with van der Waals surface area (Å²) >= 11 is 3.26. The van der Waals surface area contributed by atoms with E-state index in [2.05, 4.69) is 31.5 Å². The molecule has 8 heteroatoms. The van der Waals surface area contributed by atoms with Crippen LogP contribution in [-0.4, -0.2) is 43.6 Å². The maximum absolute atomic E-state index is 11.9. The molecule has 1 aromatic rings. The van der Waals surface area contributed by atoms with Gasteiger partial charge in [-0.05, 0) is 22.0 Å². The number of rotatable bonds is 7. The number of nitrogens with two attached hydrogens (primary N) is 1. The van der Waals surface area contributed by atoms with Crippen molar-refractivity contribution in [3.63, 3.8) is 0 Å². The molecule has 0 aromatic carbocycles. The molecule has 0 atom stereocenters. The highest BCUT2D eigenvalue weighted by Gasteiger charge is 2.12. The quantitative estimate of drug-likeness (QED) is 0.615. The Kier molecular flexibility index (Phi) is 6.23. The van der Waals surface area contributed by atoms with Gasteiger partial charge in [-0.2, -0.15) is 0 Å². The second-order valence-corrected chi connectivity index (χ2v) is 4.49. The van der Waals surface area contributed by atoms with Gasteiger partial charge in [0.2, 0.25) is 5.91 Å². The van der Waals surface area contributed by atoms with E-state index in [9.17, 15) is 9.59 Å². The van der Waals surface area contributed by atoms with Crippen LogP contribution in [0.15, 0.2) is 16.7 Å². The first-order valence-electron chi connectivity index (χ1n) is 5.52. The lowest BCUT2D eigenvalue weighted by Crippen LogP contribution is -2.29. The number of carbonyl (C=O) groups is 2. The SMILES string of the molecule is CNc1ncc(Br)cc1C(=O)NCCOCC(N)=O. The molecule has 19 heavy (non-hydrogen) atoms. The first-order valence-corrected chi connectivity index (χ1v) is 6.31. The molecule has 1 rings (SSSR count). The molecule has 0 spiro atoms. The van der Waals surface area contributed by atoms with Crippen LogP contribution in [0.1, 0.15) is 10.4 Å². The van der Waals surface area contributed by atoms with Crippen LogP contribution in [-0.2, 0) is 9.53 Å². The molecular formula is C11H15BrN4O3. The van der Waals surface area contributed by atoms with Crippen LogP contribution in [0.5, 0.6) is 0 Å². The molecule has 4 N–H and O–H groups in total. The largest absolute Gasteiger partial charge is 0.372 e. The van der Waals surface area contributed by atoms with Gasteiger partial charge in [0, 0.05) is 24.3 Å². The van der Waals surface area contributed by atoms with E-state index in [-0.39, 0.29) is 25.7 Å². The number of hydrogen-bond acceptors (Lipinski definition) is 5. The van der Waals surface area contributed by atoms with Crippen molar-refractivity contribution in [2.24, 2.45) is 5.73 Å². The number of hydrogen-bond donors (Lipinski definition) is 3. The molecule has 0 fully saturated rings. The fourth-order valence-electron chi connectivity index (χ4n) is 1.32. The van der Waals surface area contributed by atoms with Gasteiger partial charge in [0.1, 0.15) is 12.4 Å². The summed E-state index contributed by atoms with van der Waals surface area (Å²) in [5, 5.41) is 5.49. The predicted octanol–water partition coefficient (Wildman–Crippen LogP) is 0.118. The smallest absolute Gasteiger partial charge is 0.255 e. The molecule has 0 aliphatic heterocycles. The molecule has 0 aliphatic carbocycles. The highest BCUT2D eigenvalue weighted by molar-refractivity contribution is 9.10. The molecule has 0 bridgehead atoms. The van der Waals surface area contributed by atoms with E-state index < -0.39 is 5.91 Å². The third-order valence-electron chi connectivity index (χ3n) is 2.11. The van der Waals surface area contributed by atoms with Gasteiger partial charge in [0.05, 0.1) is 12.2 Å². The molecule has 0 saturated heterocycles. The molecule has 0 saturated carbocycles. The van der Waals surface area contributed by atoms with Crippen molar-refractivity contribution in [1.29, 1.82) is 0 Å². The Morgan fingerprint density at radius 1 is 1.53 bits per heavy atom. The van der Waals surface area contributed by atoms with Gasteiger partial charge < -0.3 is 21.1 Å². The van der Waals surface area contributed by atoms with Crippen LogP contribution < -0.4 is 16.4 Å². The van der Waals surface area contributed by atoms with E-state index in [0.717, 1.165) is 0 Å². The lowest BCUT2D eigenvalue weighted by atomic mass is 10.2. The highest BCUT2D eigenvalue weighted by Crippen LogP contribution is 2.17. The van der Waals surface area contributed by atoms with Crippen molar-refractivity contribution < 1.29 is 14.3 Å². The van der Waals surface area contributed by atoms with Crippen molar-refractivity contribution >= 4 is 33.6 Å². The molecule has 2 amide bonds. The third-order valence-corrected chi connectivity index (χ3v) is 2.55. The van der Waals surface area contributed by atoms with Gasteiger partial charge >= 0.3 is 0 Å². The number of carbonyl (C=O) groups excluding carboxylic acids is 2. The number of nitrogens with one attached hydrogen (secondary N) is 2. The van der Waals surface area contributed by atoms with Gasteiger partial charge in [-0.3, -0.25) is 9.59 Å². The number of halogens is 1. The monoisotopic (exact) mass is 330 g/mol. The highest BCUT2D eigenvalue weighted by atomic mass is 79.9. The van der Waals surface area contributed by atoms with Gasteiger partial charge in [-0.25, -0.2) is 4.98 Å². The van der Waals surface area contributed by atoms with E-state index >= 15 is 0 Å². The molecular weight excluding hydrogens is 316 g/mol.